The zero-order valence-electron chi connectivity index (χ0n) is 11.2. The van der Waals surface area contributed by atoms with Crippen LogP contribution >= 0.6 is 0 Å². The lowest BCUT2D eigenvalue weighted by Gasteiger charge is -2.25. The lowest BCUT2D eigenvalue weighted by molar-refractivity contribution is 0.0949. The van der Waals surface area contributed by atoms with Crippen LogP contribution in [0.3, 0.4) is 0 Å². The molecule has 1 aliphatic rings. The summed E-state index contributed by atoms with van der Waals surface area (Å²) < 4.78 is 0. The highest BCUT2D eigenvalue weighted by Gasteiger charge is 2.30. The van der Waals surface area contributed by atoms with Crippen LogP contribution in [0.5, 0.6) is 0 Å². The number of benzene rings is 1. The second kappa shape index (κ2) is 6.14. The molecular weight excluding hydrogens is 242 g/mol. The molecule has 1 aromatic rings. The van der Waals surface area contributed by atoms with Crippen molar-refractivity contribution in [3.63, 3.8) is 0 Å². The normalized spacial score (nSPS) is 23.5. The highest BCUT2D eigenvalue weighted by Crippen LogP contribution is 2.26. The molecule has 1 heterocycles. The molecule has 19 heavy (non-hydrogen) atoms. The number of hydrogen-bond donors (Lipinski definition) is 3. The Morgan fingerprint density at radius 2 is 2.26 bits per heavy atom. The van der Waals surface area contributed by atoms with Gasteiger partial charge in [-0.3, -0.25) is 15.1 Å². The molecule has 1 amide bonds. The van der Waals surface area contributed by atoms with Gasteiger partial charge in [-0.25, -0.2) is 5.84 Å². The van der Waals surface area contributed by atoms with Gasteiger partial charge in [-0.1, -0.05) is 25.1 Å². The van der Waals surface area contributed by atoms with Crippen LogP contribution in [0.1, 0.15) is 29.3 Å². The van der Waals surface area contributed by atoms with Crippen molar-refractivity contribution in [3.8, 4) is 0 Å². The van der Waals surface area contributed by atoms with E-state index in [0.29, 0.717) is 18.0 Å². The zero-order chi connectivity index (χ0) is 13.8. The first-order valence-corrected chi connectivity index (χ1v) is 6.61. The second-order valence-corrected chi connectivity index (χ2v) is 5.12. The van der Waals surface area contributed by atoms with Gasteiger partial charge in [0, 0.05) is 18.2 Å². The quantitative estimate of drug-likeness (QED) is 0.420. The number of nitrogen functional groups attached to an aromatic ring is 1. The Morgan fingerprint density at radius 1 is 1.53 bits per heavy atom. The van der Waals surface area contributed by atoms with Gasteiger partial charge in [0.05, 0.1) is 6.61 Å². The molecule has 1 aromatic carbocycles. The number of carbonyl (C=O) groups excluding carboxylic acids is 1. The standard InChI is InChI=1S/C14H21N3O2/c1-10-6-7-17(13(10)9-18)8-11-4-2-3-5-12(11)14(19)16-15/h2-5,10,13,18H,6-9,15H2,1H3,(H,16,19). The van der Waals surface area contributed by atoms with Crippen LogP contribution < -0.4 is 11.3 Å². The number of hydrazine groups is 1. The molecule has 0 radical (unpaired) electrons. The maximum absolute atomic E-state index is 11.7. The summed E-state index contributed by atoms with van der Waals surface area (Å²) in [6, 6.07) is 7.61. The van der Waals surface area contributed by atoms with Crippen LogP contribution in [0.4, 0.5) is 0 Å². The number of carbonyl (C=O) groups is 1. The minimum atomic E-state index is -0.275. The van der Waals surface area contributed by atoms with Crippen molar-refractivity contribution in [2.75, 3.05) is 13.2 Å². The van der Waals surface area contributed by atoms with Crippen molar-refractivity contribution in [3.05, 3.63) is 35.4 Å². The van der Waals surface area contributed by atoms with Gasteiger partial charge >= 0.3 is 0 Å². The van der Waals surface area contributed by atoms with E-state index in [0.717, 1.165) is 18.5 Å². The minimum absolute atomic E-state index is 0.159. The smallest absolute Gasteiger partial charge is 0.265 e. The van der Waals surface area contributed by atoms with Crippen molar-refractivity contribution in [1.29, 1.82) is 0 Å². The predicted molar refractivity (Wildman–Crippen MR) is 73.2 cm³/mol. The molecular formula is C14H21N3O2. The summed E-state index contributed by atoms with van der Waals surface area (Å²) in [5, 5.41) is 9.47. The number of likely N-dealkylation sites (tertiary alicyclic amines) is 1. The molecule has 0 saturated carbocycles. The molecule has 1 fully saturated rings. The Bertz CT molecular complexity index is 450. The minimum Gasteiger partial charge on any atom is -0.395 e. The molecule has 2 atom stereocenters. The van der Waals surface area contributed by atoms with Crippen molar-refractivity contribution < 1.29 is 9.90 Å². The van der Waals surface area contributed by atoms with Gasteiger partial charge in [-0.05, 0) is 30.5 Å². The monoisotopic (exact) mass is 263 g/mol. The number of amides is 1. The number of nitrogens with two attached hydrogens (primary N) is 1. The van der Waals surface area contributed by atoms with E-state index in [1.807, 2.05) is 18.2 Å². The maximum Gasteiger partial charge on any atom is 0.265 e. The summed E-state index contributed by atoms with van der Waals surface area (Å²) in [6.07, 6.45) is 1.08. The van der Waals surface area contributed by atoms with Crippen LogP contribution in [0.25, 0.3) is 0 Å². The molecule has 0 bridgehead atoms. The van der Waals surface area contributed by atoms with E-state index in [4.69, 9.17) is 5.84 Å². The van der Waals surface area contributed by atoms with Gasteiger partial charge in [0.25, 0.3) is 5.91 Å². The van der Waals surface area contributed by atoms with Gasteiger partial charge in [0.2, 0.25) is 0 Å². The molecule has 1 aliphatic heterocycles. The molecule has 2 rings (SSSR count). The SMILES string of the molecule is CC1CCN(Cc2ccccc2C(=O)NN)C1CO. The number of rotatable bonds is 4. The fraction of sp³-hybridized carbons (Fsp3) is 0.500. The summed E-state index contributed by atoms with van der Waals surface area (Å²) in [7, 11) is 0. The van der Waals surface area contributed by atoms with Crippen LogP contribution in [-0.4, -0.2) is 35.1 Å². The van der Waals surface area contributed by atoms with Gasteiger partial charge < -0.3 is 5.11 Å². The summed E-state index contributed by atoms with van der Waals surface area (Å²) in [5.41, 5.74) is 3.71. The van der Waals surface area contributed by atoms with Crippen LogP contribution in [0.2, 0.25) is 0 Å². The molecule has 104 valence electrons. The van der Waals surface area contributed by atoms with E-state index in [2.05, 4.69) is 17.2 Å². The maximum atomic E-state index is 11.7. The molecule has 2 unspecified atom stereocenters. The number of nitrogens with one attached hydrogen (secondary N) is 1. The number of aliphatic hydroxyl groups is 1. The number of hydrogen-bond acceptors (Lipinski definition) is 4. The van der Waals surface area contributed by atoms with E-state index in [9.17, 15) is 9.90 Å². The van der Waals surface area contributed by atoms with Crippen LogP contribution in [0.15, 0.2) is 24.3 Å². The Balaban J connectivity index is 2.17. The molecule has 5 nitrogen and oxygen atoms in total. The van der Waals surface area contributed by atoms with Crippen LogP contribution in [-0.2, 0) is 6.54 Å². The highest BCUT2D eigenvalue weighted by atomic mass is 16.3. The average molecular weight is 263 g/mol. The van der Waals surface area contributed by atoms with E-state index >= 15 is 0 Å². The first-order valence-electron chi connectivity index (χ1n) is 6.61. The van der Waals surface area contributed by atoms with Crippen molar-refractivity contribution in [2.24, 2.45) is 11.8 Å². The lowest BCUT2D eigenvalue weighted by Crippen LogP contribution is -2.36. The number of nitrogens with zero attached hydrogens (tertiary/aromatic N) is 1. The molecule has 4 N–H and O–H groups in total. The summed E-state index contributed by atoms with van der Waals surface area (Å²) in [4.78, 5) is 13.9. The van der Waals surface area contributed by atoms with E-state index in [1.165, 1.54) is 0 Å². The van der Waals surface area contributed by atoms with Crippen molar-refractivity contribution in [1.82, 2.24) is 10.3 Å². The molecule has 0 aromatic heterocycles. The third-order valence-electron chi connectivity index (χ3n) is 3.95. The fourth-order valence-corrected chi connectivity index (χ4v) is 2.76. The van der Waals surface area contributed by atoms with Gasteiger partial charge in [0.15, 0.2) is 0 Å². The van der Waals surface area contributed by atoms with E-state index < -0.39 is 0 Å². The lowest BCUT2D eigenvalue weighted by atomic mass is 10.0. The van der Waals surface area contributed by atoms with Crippen molar-refractivity contribution in [2.45, 2.75) is 25.9 Å². The molecule has 0 spiro atoms. The third-order valence-corrected chi connectivity index (χ3v) is 3.95. The number of aliphatic hydroxyl groups excluding tert-OH is 1. The largest absolute Gasteiger partial charge is 0.395 e. The fourth-order valence-electron chi connectivity index (χ4n) is 2.76. The first-order chi connectivity index (χ1) is 9.17. The Labute approximate surface area is 113 Å². The predicted octanol–water partition coefficient (Wildman–Crippen LogP) is 0.493. The topological polar surface area (TPSA) is 78.6 Å². The summed E-state index contributed by atoms with van der Waals surface area (Å²) in [5.74, 6) is 5.42. The molecule has 5 heteroatoms. The Morgan fingerprint density at radius 3 is 2.95 bits per heavy atom. The zero-order valence-corrected chi connectivity index (χ0v) is 11.2. The van der Waals surface area contributed by atoms with E-state index in [-0.39, 0.29) is 18.6 Å². The average Bonchev–Trinajstić information content (AvgIpc) is 2.79. The van der Waals surface area contributed by atoms with E-state index in [1.54, 1.807) is 6.07 Å². The first kappa shape index (κ1) is 14.0. The summed E-state index contributed by atoms with van der Waals surface area (Å²) >= 11 is 0. The Kier molecular flexibility index (Phi) is 4.52. The van der Waals surface area contributed by atoms with Gasteiger partial charge in [0.1, 0.15) is 0 Å². The van der Waals surface area contributed by atoms with Crippen LogP contribution in [0, 0.1) is 5.92 Å². The summed E-state index contributed by atoms with van der Waals surface area (Å²) in [6.45, 7) is 3.93. The molecule has 1 saturated heterocycles. The second-order valence-electron chi connectivity index (χ2n) is 5.12. The van der Waals surface area contributed by atoms with Gasteiger partial charge in [-0.2, -0.15) is 0 Å². The Hall–Kier alpha value is -1.43. The van der Waals surface area contributed by atoms with Crippen molar-refractivity contribution >= 4 is 5.91 Å². The molecule has 0 aliphatic carbocycles. The van der Waals surface area contributed by atoms with Gasteiger partial charge in [-0.15, -0.1) is 0 Å². The third kappa shape index (κ3) is 2.94. The highest BCUT2D eigenvalue weighted by molar-refractivity contribution is 5.95.